The number of aliphatic carboxylic acids is 1. The third kappa shape index (κ3) is 4.71. The van der Waals surface area contributed by atoms with Gasteiger partial charge in [0.2, 0.25) is 0 Å². The van der Waals surface area contributed by atoms with Gasteiger partial charge in [0.25, 0.3) is 0 Å². The molecule has 6 nitrogen and oxygen atoms in total. The van der Waals surface area contributed by atoms with Gasteiger partial charge in [0, 0.05) is 9.65 Å². The molecule has 0 atom stereocenters. The fourth-order valence-corrected chi connectivity index (χ4v) is 3.09. The van der Waals surface area contributed by atoms with Gasteiger partial charge in [-0.25, -0.2) is 4.79 Å². The van der Waals surface area contributed by atoms with E-state index in [0.717, 1.165) is 9.65 Å². The predicted octanol–water partition coefficient (Wildman–Crippen LogP) is 3.17. The number of ether oxygens (including phenoxy) is 1. The van der Waals surface area contributed by atoms with Crippen molar-refractivity contribution in [1.29, 1.82) is 0 Å². The number of carboxylic acid groups (broad SMARTS) is 1. The SMILES string of the molecule is COc1cc(/C=C/C(=O)O)ccc1OS(=O)(=O)c1ccc(I)cc1. The average Bonchev–Trinajstić information content (AvgIpc) is 2.54. The van der Waals surface area contributed by atoms with Crippen molar-refractivity contribution >= 4 is 44.8 Å². The van der Waals surface area contributed by atoms with E-state index >= 15 is 0 Å². The molecule has 2 aromatic rings. The first kappa shape index (κ1) is 18.3. The number of methoxy groups -OCH3 is 1. The van der Waals surface area contributed by atoms with E-state index in [2.05, 4.69) is 22.6 Å². The normalized spacial score (nSPS) is 11.4. The summed E-state index contributed by atoms with van der Waals surface area (Å²) >= 11 is 2.07. The van der Waals surface area contributed by atoms with E-state index in [-0.39, 0.29) is 16.4 Å². The van der Waals surface area contributed by atoms with E-state index in [1.165, 1.54) is 43.5 Å². The standard InChI is InChI=1S/C16H13IO6S/c1-22-15-10-11(3-9-16(18)19)2-8-14(15)23-24(20,21)13-6-4-12(17)5-7-13/h2-10H,1H3,(H,18,19)/b9-3+. The number of carbonyl (C=O) groups is 1. The van der Waals surface area contributed by atoms with Crippen molar-refractivity contribution in [3.8, 4) is 11.5 Å². The van der Waals surface area contributed by atoms with Crippen LogP contribution in [0.5, 0.6) is 11.5 Å². The Morgan fingerprint density at radius 2 is 1.79 bits per heavy atom. The Kier molecular flexibility index (Phi) is 5.84. The Bertz CT molecular complexity index is 872. The second kappa shape index (κ2) is 7.67. The Labute approximate surface area is 153 Å². The highest BCUT2D eigenvalue weighted by Crippen LogP contribution is 2.31. The van der Waals surface area contributed by atoms with Crippen molar-refractivity contribution in [2.24, 2.45) is 0 Å². The monoisotopic (exact) mass is 460 g/mol. The highest BCUT2D eigenvalue weighted by Gasteiger charge is 2.19. The summed E-state index contributed by atoms with van der Waals surface area (Å²) in [6.07, 6.45) is 2.33. The maximum atomic E-state index is 12.3. The first-order valence-electron chi connectivity index (χ1n) is 6.61. The van der Waals surface area contributed by atoms with E-state index in [4.69, 9.17) is 14.0 Å². The Balaban J connectivity index is 2.31. The molecule has 24 heavy (non-hydrogen) atoms. The lowest BCUT2D eigenvalue weighted by molar-refractivity contribution is -0.131. The molecular weight excluding hydrogens is 447 g/mol. The summed E-state index contributed by atoms with van der Waals surface area (Å²) < 4.78 is 35.8. The van der Waals surface area contributed by atoms with Crippen LogP contribution in [0, 0.1) is 3.57 Å². The zero-order chi connectivity index (χ0) is 17.7. The van der Waals surface area contributed by atoms with Gasteiger partial charge in [-0.05, 0) is 70.6 Å². The fraction of sp³-hybridized carbons (Fsp3) is 0.0625. The summed E-state index contributed by atoms with van der Waals surface area (Å²) in [4.78, 5) is 10.6. The largest absolute Gasteiger partial charge is 0.493 e. The third-order valence-corrected chi connectivity index (χ3v) is 4.88. The first-order valence-corrected chi connectivity index (χ1v) is 9.09. The van der Waals surface area contributed by atoms with E-state index < -0.39 is 16.1 Å². The number of benzene rings is 2. The lowest BCUT2D eigenvalue weighted by Crippen LogP contribution is -2.10. The molecule has 126 valence electrons. The minimum Gasteiger partial charge on any atom is -0.493 e. The van der Waals surface area contributed by atoms with E-state index in [9.17, 15) is 13.2 Å². The van der Waals surface area contributed by atoms with Crippen LogP contribution in [0.2, 0.25) is 0 Å². The highest BCUT2D eigenvalue weighted by molar-refractivity contribution is 14.1. The third-order valence-electron chi connectivity index (χ3n) is 2.91. The minimum atomic E-state index is -4.00. The van der Waals surface area contributed by atoms with Crippen LogP contribution in [-0.4, -0.2) is 26.6 Å². The highest BCUT2D eigenvalue weighted by atomic mass is 127. The summed E-state index contributed by atoms with van der Waals surface area (Å²) in [7, 11) is -2.63. The van der Waals surface area contributed by atoms with Gasteiger partial charge in [-0.3, -0.25) is 0 Å². The molecule has 0 heterocycles. The topological polar surface area (TPSA) is 89.9 Å². The number of hydrogen-bond donors (Lipinski definition) is 1. The number of carboxylic acids is 1. The molecule has 2 rings (SSSR count). The molecule has 0 spiro atoms. The van der Waals surface area contributed by atoms with E-state index in [1.54, 1.807) is 12.1 Å². The molecule has 2 aromatic carbocycles. The maximum Gasteiger partial charge on any atom is 0.339 e. The van der Waals surface area contributed by atoms with Crippen LogP contribution in [0.3, 0.4) is 0 Å². The molecule has 0 amide bonds. The molecule has 0 saturated carbocycles. The average molecular weight is 460 g/mol. The van der Waals surface area contributed by atoms with Gasteiger partial charge in [0.15, 0.2) is 11.5 Å². The Morgan fingerprint density at radius 1 is 1.12 bits per heavy atom. The van der Waals surface area contributed by atoms with Gasteiger partial charge in [-0.15, -0.1) is 0 Å². The molecule has 0 aliphatic rings. The molecule has 8 heteroatoms. The molecule has 0 unspecified atom stereocenters. The van der Waals surface area contributed by atoms with Crippen molar-refractivity contribution in [1.82, 2.24) is 0 Å². The molecule has 1 N–H and O–H groups in total. The zero-order valence-electron chi connectivity index (χ0n) is 12.5. The molecular formula is C16H13IO6S. The van der Waals surface area contributed by atoms with Gasteiger partial charge in [0.1, 0.15) is 4.90 Å². The molecule has 0 aliphatic carbocycles. The summed E-state index contributed by atoms with van der Waals surface area (Å²) in [6, 6.07) is 10.6. The molecule has 0 saturated heterocycles. The predicted molar refractivity (Wildman–Crippen MR) is 96.6 cm³/mol. The first-order chi connectivity index (χ1) is 11.3. The Hall–Kier alpha value is -2.07. The van der Waals surface area contributed by atoms with Gasteiger partial charge in [0.05, 0.1) is 7.11 Å². The van der Waals surface area contributed by atoms with Crippen molar-refractivity contribution in [2.75, 3.05) is 7.11 Å². The fourth-order valence-electron chi connectivity index (χ4n) is 1.79. The van der Waals surface area contributed by atoms with Crippen molar-refractivity contribution in [3.05, 3.63) is 57.7 Å². The van der Waals surface area contributed by atoms with E-state index in [1.807, 2.05) is 0 Å². The maximum absolute atomic E-state index is 12.3. The minimum absolute atomic E-state index is 0.0172. The molecule has 0 bridgehead atoms. The number of rotatable bonds is 6. The number of hydrogen-bond acceptors (Lipinski definition) is 5. The molecule has 0 aliphatic heterocycles. The second-order valence-electron chi connectivity index (χ2n) is 4.57. The summed E-state index contributed by atoms with van der Waals surface area (Å²) in [5.41, 5.74) is 0.535. The van der Waals surface area contributed by atoms with Gasteiger partial charge in [-0.2, -0.15) is 8.42 Å². The summed E-state index contributed by atoms with van der Waals surface area (Å²) in [5, 5.41) is 8.63. The van der Waals surface area contributed by atoms with Crippen molar-refractivity contribution < 1.29 is 27.2 Å². The quantitative estimate of drug-likeness (QED) is 0.405. The molecule has 0 radical (unpaired) electrons. The van der Waals surface area contributed by atoms with Crippen LogP contribution < -0.4 is 8.92 Å². The zero-order valence-corrected chi connectivity index (χ0v) is 15.4. The second-order valence-corrected chi connectivity index (χ2v) is 7.37. The molecule has 0 aromatic heterocycles. The van der Waals surface area contributed by atoms with Crippen LogP contribution >= 0.6 is 22.6 Å². The van der Waals surface area contributed by atoms with Crippen LogP contribution in [0.15, 0.2) is 53.4 Å². The lowest BCUT2D eigenvalue weighted by atomic mass is 10.2. The number of halogens is 1. The van der Waals surface area contributed by atoms with Crippen molar-refractivity contribution in [2.45, 2.75) is 4.90 Å². The van der Waals surface area contributed by atoms with Crippen LogP contribution in [0.25, 0.3) is 6.08 Å². The van der Waals surface area contributed by atoms with Crippen molar-refractivity contribution in [3.63, 3.8) is 0 Å². The smallest absolute Gasteiger partial charge is 0.339 e. The lowest BCUT2D eigenvalue weighted by Gasteiger charge is -2.11. The van der Waals surface area contributed by atoms with Gasteiger partial charge >= 0.3 is 16.1 Å². The van der Waals surface area contributed by atoms with Crippen LogP contribution in [-0.2, 0) is 14.9 Å². The van der Waals surface area contributed by atoms with Gasteiger partial charge in [-0.1, -0.05) is 6.07 Å². The van der Waals surface area contributed by atoms with Crippen LogP contribution in [0.4, 0.5) is 0 Å². The summed E-state index contributed by atoms with van der Waals surface area (Å²) in [6.45, 7) is 0. The summed E-state index contributed by atoms with van der Waals surface area (Å²) in [5.74, 6) is -0.893. The van der Waals surface area contributed by atoms with Gasteiger partial charge < -0.3 is 14.0 Å². The Morgan fingerprint density at radius 3 is 2.38 bits per heavy atom. The van der Waals surface area contributed by atoms with Crippen LogP contribution in [0.1, 0.15) is 5.56 Å². The van der Waals surface area contributed by atoms with E-state index in [0.29, 0.717) is 5.56 Å². The molecule has 0 fully saturated rings.